The normalized spacial score (nSPS) is 12.9. The maximum absolute atomic E-state index is 10.2. The van der Waals surface area contributed by atoms with E-state index in [2.05, 4.69) is 12.2 Å². The molecule has 1 atom stereocenters. The van der Waals surface area contributed by atoms with Crippen molar-refractivity contribution < 1.29 is 9.90 Å². The first-order valence-corrected chi connectivity index (χ1v) is 4.14. The average Bonchev–Trinajstić information content (AvgIpc) is 2.05. The highest BCUT2D eigenvalue weighted by Gasteiger charge is 2.01. The number of hydrogen-bond donors (Lipinski definition) is 2. The Kier molecular flexibility index (Phi) is 7.41. The molecule has 0 fully saturated rings. The van der Waals surface area contributed by atoms with E-state index in [1.54, 1.807) is 0 Å². The Labute approximate surface area is 67.8 Å². The lowest BCUT2D eigenvalue weighted by molar-refractivity contribution is -0.110. The van der Waals surface area contributed by atoms with Crippen LogP contribution in [0.4, 0.5) is 0 Å². The molecule has 0 unspecified atom stereocenters. The summed E-state index contributed by atoms with van der Waals surface area (Å²) in [6, 6.07) is -0.369. The summed E-state index contributed by atoms with van der Waals surface area (Å²) in [6.45, 7) is 2.84. The van der Waals surface area contributed by atoms with Gasteiger partial charge in [-0.05, 0) is 13.0 Å². The van der Waals surface area contributed by atoms with E-state index in [-0.39, 0.29) is 12.6 Å². The van der Waals surface area contributed by atoms with Gasteiger partial charge in [0.15, 0.2) is 0 Å². The third-order valence-electron chi connectivity index (χ3n) is 1.55. The van der Waals surface area contributed by atoms with Crippen LogP contribution in [0.3, 0.4) is 0 Å². The molecule has 0 bridgehead atoms. The summed E-state index contributed by atoms with van der Waals surface area (Å²) in [6.07, 6.45) is 4.16. The molecule has 0 saturated carbocycles. The van der Waals surface area contributed by atoms with Gasteiger partial charge < -0.3 is 15.2 Å². The minimum Gasteiger partial charge on any atom is -0.394 e. The molecular weight excluding hydrogens is 142 g/mol. The highest BCUT2D eigenvalue weighted by molar-refractivity contribution is 5.57. The molecule has 0 amide bonds. The Morgan fingerprint density at radius 1 is 1.55 bits per heavy atom. The van der Waals surface area contributed by atoms with Crippen molar-refractivity contribution in [3.05, 3.63) is 0 Å². The predicted octanol–water partition coefficient (Wildman–Crippen LogP) is 0.326. The number of rotatable bonds is 7. The molecule has 3 nitrogen and oxygen atoms in total. The largest absolute Gasteiger partial charge is 0.394 e. The van der Waals surface area contributed by atoms with Gasteiger partial charge in [-0.15, -0.1) is 0 Å². The predicted molar refractivity (Wildman–Crippen MR) is 44.5 cm³/mol. The number of unbranched alkanes of at least 4 members (excludes halogenated alkanes) is 2. The van der Waals surface area contributed by atoms with Gasteiger partial charge in [0.1, 0.15) is 6.29 Å². The zero-order valence-electron chi connectivity index (χ0n) is 7.05. The molecular formula is C8H17NO2. The number of carbonyl (C=O) groups is 1. The lowest BCUT2D eigenvalue weighted by atomic mass is 10.2. The van der Waals surface area contributed by atoms with Gasteiger partial charge >= 0.3 is 0 Å². The highest BCUT2D eigenvalue weighted by atomic mass is 16.3. The van der Waals surface area contributed by atoms with E-state index in [0.717, 1.165) is 19.3 Å². The topological polar surface area (TPSA) is 49.3 Å². The monoisotopic (exact) mass is 159 g/mol. The van der Waals surface area contributed by atoms with Crippen molar-refractivity contribution in [2.24, 2.45) is 0 Å². The summed E-state index contributed by atoms with van der Waals surface area (Å²) in [5.41, 5.74) is 0. The minimum absolute atomic E-state index is 0.102. The van der Waals surface area contributed by atoms with Gasteiger partial charge in [-0.1, -0.05) is 19.8 Å². The lowest BCUT2D eigenvalue weighted by Gasteiger charge is -2.07. The standard InChI is InChI=1S/C8H17NO2/c1-2-3-4-5-9-8(6-10)7-11/h6,8-9,11H,2-5,7H2,1H3/t8-/m1/s1. The molecule has 0 radical (unpaired) electrons. The van der Waals surface area contributed by atoms with E-state index in [1.807, 2.05) is 0 Å². The van der Waals surface area contributed by atoms with E-state index in [1.165, 1.54) is 12.8 Å². The molecule has 0 aliphatic rings. The molecule has 0 rings (SSSR count). The molecule has 11 heavy (non-hydrogen) atoms. The summed E-state index contributed by atoms with van der Waals surface area (Å²) < 4.78 is 0. The molecule has 0 aromatic heterocycles. The highest BCUT2D eigenvalue weighted by Crippen LogP contribution is 1.91. The van der Waals surface area contributed by atoms with E-state index in [9.17, 15) is 4.79 Å². The van der Waals surface area contributed by atoms with Crippen LogP contribution in [0.2, 0.25) is 0 Å². The molecule has 0 aliphatic carbocycles. The van der Waals surface area contributed by atoms with Gasteiger partial charge in [-0.25, -0.2) is 0 Å². The first kappa shape index (κ1) is 10.6. The average molecular weight is 159 g/mol. The first-order valence-electron chi connectivity index (χ1n) is 4.14. The fraction of sp³-hybridized carbons (Fsp3) is 0.875. The van der Waals surface area contributed by atoms with Gasteiger partial charge in [0, 0.05) is 0 Å². The number of aldehydes is 1. The van der Waals surface area contributed by atoms with Crippen LogP contribution in [-0.4, -0.2) is 30.6 Å². The molecule has 2 N–H and O–H groups in total. The second-order valence-electron chi connectivity index (χ2n) is 2.59. The number of carbonyl (C=O) groups excluding carboxylic acids is 1. The second kappa shape index (κ2) is 7.69. The van der Waals surface area contributed by atoms with Crippen molar-refractivity contribution >= 4 is 6.29 Å². The summed E-state index contributed by atoms with van der Waals surface area (Å²) >= 11 is 0. The smallest absolute Gasteiger partial charge is 0.139 e. The van der Waals surface area contributed by atoms with Crippen LogP contribution in [0.25, 0.3) is 0 Å². The van der Waals surface area contributed by atoms with Crippen molar-refractivity contribution in [2.45, 2.75) is 32.2 Å². The van der Waals surface area contributed by atoms with Crippen molar-refractivity contribution in [3.63, 3.8) is 0 Å². The maximum atomic E-state index is 10.2. The molecule has 66 valence electrons. The summed E-state index contributed by atoms with van der Waals surface area (Å²) in [7, 11) is 0. The first-order chi connectivity index (χ1) is 5.35. The fourth-order valence-electron chi connectivity index (χ4n) is 0.818. The Balaban J connectivity index is 3.14. The Hall–Kier alpha value is -0.410. The fourth-order valence-corrected chi connectivity index (χ4v) is 0.818. The van der Waals surface area contributed by atoms with Crippen LogP contribution < -0.4 is 5.32 Å². The van der Waals surface area contributed by atoms with E-state index in [4.69, 9.17) is 5.11 Å². The third kappa shape index (κ3) is 6.01. The van der Waals surface area contributed by atoms with Crippen LogP contribution >= 0.6 is 0 Å². The van der Waals surface area contributed by atoms with E-state index >= 15 is 0 Å². The van der Waals surface area contributed by atoms with Crippen LogP contribution in [0.5, 0.6) is 0 Å². The van der Waals surface area contributed by atoms with Gasteiger partial charge in [-0.2, -0.15) is 0 Å². The van der Waals surface area contributed by atoms with Gasteiger partial charge in [0.25, 0.3) is 0 Å². The number of hydrogen-bond acceptors (Lipinski definition) is 3. The quantitative estimate of drug-likeness (QED) is 0.415. The summed E-state index contributed by atoms with van der Waals surface area (Å²) in [5, 5.41) is 11.5. The summed E-state index contributed by atoms with van der Waals surface area (Å²) in [4.78, 5) is 10.2. The molecule has 0 heterocycles. The van der Waals surface area contributed by atoms with Crippen molar-refractivity contribution in [3.8, 4) is 0 Å². The number of aliphatic hydroxyl groups excluding tert-OH is 1. The molecule has 0 aliphatic heterocycles. The van der Waals surface area contributed by atoms with Crippen molar-refractivity contribution in [2.75, 3.05) is 13.2 Å². The van der Waals surface area contributed by atoms with Crippen molar-refractivity contribution in [1.82, 2.24) is 5.32 Å². The Bertz CT molecular complexity index is 96.1. The van der Waals surface area contributed by atoms with Crippen LogP contribution in [-0.2, 0) is 4.79 Å². The van der Waals surface area contributed by atoms with Gasteiger partial charge in [0.05, 0.1) is 12.6 Å². The minimum atomic E-state index is -0.369. The van der Waals surface area contributed by atoms with Gasteiger partial charge in [-0.3, -0.25) is 0 Å². The third-order valence-corrected chi connectivity index (χ3v) is 1.55. The molecule has 0 saturated heterocycles. The Morgan fingerprint density at radius 2 is 2.27 bits per heavy atom. The molecule has 3 heteroatoms. The molecule has 0 aromatic carbocycles. The second-order valence-corrected chi connectivity index (χ2v) is 2.59. The summed E-state index contributed by atoms with van der Waals surface area (Å²) in [5.74, 6) is 0. The number of nitrogens with one attached hydrogen (secondary N) is 1. The van der Waals surface area contributed by atoms with Gasteiger partial charge in [0.2, 0.25) is 0 Å². The number of aliphatic hydroxyl groups is 1. The van der Waals surface area contributed by atoms with E-state index in [0.29, 0.717) is 0 Å². The lowest BCUT2D eigenvalue weighted by Crippen LogP contribution is -2.34. The maximum Gasteiger partial charge on any atom is 0.139 e. The van der Waals surface area contributed by atoms with Crippen molar-refractivity contribution in [1.29, 1.82) is 0 Å². The zero-order chi connectivity index (χ0) is 8.53. The Morgan fingerprint density at radius 3 is 2.73 bits per heavy atom. The molecule has 0 spiro atoms. The van der Waals surface area contributed by atoms with Crippen LogP contribution in [0.1, 0.15) is 26.2 Å². The molecule has 0 aromatic rings. The van der Waals surface area contributed by atoms with Crippen LogP contribution in [0.15, 0.2) is 0 Å². The van der Waals surface area contributed by atoms with Crippen LogP contribution in [0, 0.1) is 0 Å². The SMILES string of the molecule is CCCCCN[C@H](C=O)CO. The zero-order valence-corrected chi connectivity index (χ0v) is 7.05. The van der Waals surface area contributed by atoms with E-state index < -0.39 is 0 Å².